The molecule has 68 valence electrons. The summed E-state index contributed by atoms with van der Waals surface area (Å²) in [5, 5.41) is 16.8. The Morgan fingerprint density at radius 3 is 2.58 bits per heavy atom. The van der Waals surface area contributed by atoms with Crippen LogP contribution in [0.4, 0.5) is 0 Å². The molecule has 0 radical (unpaired) electrons. The normalized spacial score (nSPS) is 10.2. The Kier molecular flexibility index (Phi) is 5.06. The first kappa shape index (κ1) is 10.9. The second-order valence-corrected chi connectivity index (χ2v) is 2.87. The summed E-state index contributed by atoms with van der Waals surface area (Å²) in [4.78, 5) is 12.0. The van der Waals surface area contributed by atoms with Crippen LogP contribution in [0.2, 0.25) is 0 Å². The lowest BCUT2D eigenvalue weighted by Crippen LogP contribution is -2.33. The van der Waals surface area contributed by atoms with Gasteiger partial charge in [-0.15, -0.1) is 0 Å². The first-order chi connectivity index (χ1) is 5.57. The largest absolute Gasteiger partial charge is 0.481 e. The van der Waals surface area contributed by atoms with E-state index in [2.05, 4.69) is 0 Å². The van der Waals surface area contributed by atoms with Gasteiger partial charge in [-0.3, -0.25) is 9.69 Å². The van der Waals surface area contributed by atoms with Gasteiger partial charge in [0.2, 0.25) is 0 Å². The lowest BCUT2D eigenvalue weighted by Gasteiger charge is -2.22. The Morgan fingerprint density at radius 1 is 1.67 bits per heavy atom. The van der Waals surface area contributed by atoms with Gasteiger partial charge < -0.3 is 5.11 Å². The number of hydrogen-bond donors (Lipinski definition) is 1. The number of carboxylic acids is 1. The predicted octanol–water partition coefficient (Wildman–Crippen LogP) is 0.695. The first-order valence-corrected chi connectivity index (χ1v) is 3.90. The molecule has 0 aliphatic carbocycles. The van der Waals surface area contributed by atoms with Crippen molar-refractivity contribution < 1.29 is 9.90 Å². The summed E-state index contributed by atoms with van der Waals surface area (Å²) in [6.07, 6.45) is 0.0971. The van der Waals surface area contributed by atoms with Crippen LogP contribution in [0.15, 0.2) is 0 Å². The van der Waals surface area contributed by atoms with Gasteiger partial charge in [0.25, 0.3) is 0 Å². The highest BCUT2D eigenvalue weighted by Gasteiger charge is 2.09. The molecular weight excluding hydrogens is 156 g/mol. The van der Waals surface area contributed by atoms with E-state index in [9.17, 15) is 4.79 Å². The molecule has 0 rings (SSSR count). The maximum absolute atomic E-state index is 10.2. The molecule has 0 saturated carbocycles. The van der Waals surface area contributed by atoms with Crippen molar-refractivity contribution >= 4 is 5.97 Å². The third-order valence-electron chi connectivity index (χ3n) is 1.62. The number of aliphatic carboxylic acids is 1. The van der Waals surface area contributed by atoms with Gasteiger partial charge in [0.1, 0.15) is 0 Å². The minimum Gasteiger partial charge on any atom is -0.481 e. The van der Waals surface area contributed by atoms with Crippen LogP contribution < -0.4 is 0 Å². The standard InChI is InChI=1S/C8H14N2O2/c1-7(2)10(6-4-9)5-3-8(11)12/h7H,3,5-6H2,1-2H3,(H,11,12). The number of rotatable bonds is 5. The van der Waals surface area contributed by atoms with Gasteiger partial charge in [0.15, 0.2) is 0 Å². The molecule has 0 fully saturated rings. The van der Waals surface area contributed by atoms with Gasteiger partial charge in [0.05, 0.1) is 19.0 Å². The van der Waals surface area contributed by atoms with E-state index in [1.807, 2.05) is 24.8 Å². The van der Waals surface area contributed by atoms with Gasteiger partial charge >= 0.3 is 5.97 Å². The van der Waals surface area contributed by atoms with Crippen LogP contribution in [0.3, 0.4) is 0 Å². The Hall–Kier alpha value is -1.08. The van der Waals surface area contributed by atoms with Gasteiger partial charge in [-0.05, 0) is 13.8 Å². The summed E-state index contributed by atoms with van der Waals surface area (Å²) in [5.41, 5.74) is 0. The average Bonchev–Trinajstić information content (AvgIpc) is 1.96. The van der Waals surface area contributed by atoms with Crippen LogP contribution in [0.1, 0.15) is 20.3 Å². The van der Waals surface area contributed by atoms with Crippen molar-refractivity contribution in [3.63, 3.8) is 0 Å². The fourth-order valence-electron chi connectivity index (χ4n) is 0.850. The van der Waals surface area contributed by atoms with Gasteiger partial charge in [0, 0.05) is 12.6 Å². The van der Waals surface area contributed by atoms with Crippen LogP contribution in [-0.4, -0.2) is 35.1 Å². The summed E-state index contributed by atoms with van der Waals surface area (Å²) in [7, 11) is 0. The number of nitrogens with zero attached hydrogens (tertiary/aromatic N) is 2. The molecule has 0 bridgehead atoms. The zero-order chi connectivity index (χ0) is 9.56. The van der Waals surface area contributed by atoms with Crippen molar-refractivity contribution in [2.75, 3.05) is 13.1 Å². The molecule has 0 amide bonds. The van der Waals surface area contributed by atoms with E-state index in [-0.39, 0.29) is 12.5 Å². The van der Waals surface area contributed by atoms with Crippen LogP contribution in [-0.2, 0) is 4.79 Å². The van der Waals surface area contributed by atoms with E-state index >= 15 is 0 Å². The zero-order valence-corrected chi connectivity index (χ0v) is 7.45. The van der Waals surface area contributed by atoms with Crippen molar-refractivity contribution in [3.8, 4) is 6.07 Å². The predicted molar refractivity (Wildman–Crippen MR) is 44.6 cm³/mol. The highest BCUT2D eigenvalue weighted by molar-refractivity contribution is 5.66. The fourth-order valence-corrected chi connectivity index (χ4v) is 0.850. The quantitative estimate of drug-likeness (QED) is 0.617. The second-order valence-electron chi connectivity index (χ2n) is 2.87. The Labute approximate surface area is 72.4 Å². The first-order valence-electron chi connectivity index (χ1n) is 3.90. The topological polar surface area (TPSA) is 64.3 Å². The number of hydrogen-bond acceptors (Lipinski definition) is 3. The Bertz CT molecular complexity index is 184. The lowest BCUT2D eigenvalue weighted by molar-refractivity contribution is -0.137. The van der Waals surface area contributed by atoms with E-state index in [0.717, 1.165) is 0 Å². The third kappa shape index (κ3) is 4.69. The number of carboxylic acid groups (broad SMARTS) is 1. The van der Waals surface area contributed by atoms with Crippen LogP contribution in [0.5, 0.6) is 0 Å². The highest BCUT2D eigenvalue weighted by Crippen LogP contribution is 1.98. The molecule has 0 aromatic heterocycles. The minimum absolute atomic E-state index is 0.0971. The lowest BCUT2D eigenvalue weighted by atomic mass is 10.3. The van der Waals surface area contributed by atoms with E-state index in [0.29, 0.717) is 13.1 Å². The minimum atomic E-state index is -0.821. The Balaban J connectivity index is 3.80. The van der Waals surface area contributed by atoms with Crippen molar-refractivity contribution in [3.05, 3.63) is 0 Å². The van der Waals surface area contributed by atoms with E-state index in [1.54, 1.807) is 0 Å². The molecule has 4 heteroatoms. The molecule has 0 spiro atoms. The van der Waals surface area contributed by atoms with Gasteiger partial charge in [-0.2, -0.15) is 5.26 Å². The molecule has 0 aliphatic heterocycles. The summed E-state index contributed by atoms with van der Waals surface area (Å²) in [5.74, 6) is -0.821. The van der Waals surface area contributed by atoms with Crippen molar-refractivity contribution in [1.82, 2.24) is 4.90 Å². The molecule has 0 unspecified atom stereocenters. The van der Waals surface area contributed by atoms with Gasteiger partial charge in [-0.25, -0.2) is 0 Å². The smallest absolute Gasteiger partial charge is 0.304 e. The Morgan fingerprint density at radius 2 is 2.25 bits per heavy atom. The molecule has 0 aliphatic rings. The summed E-state index contributed by atoms with van der Waals surface area (Å²) in [6.45, 7) is 4.63. The maximum atomic E-state index is 10.2. The summed E-state index contributed by atoms with van der Waals surface area (Å²) < 4.78 is 0. The van der Waals surface area contributed by atoms with Crippen molar-refractivity contribution in [2.24, 2.45) is 0 Å². The van der Waals surface area contributed by atoms with Crippen molar-refractivity contribution in [2.45, 2.75) is 26.3 Å². The summed E-state index contributed by atoms with van der Waals surface area (Å²) in [6, 6.07) is 2.23. The van der Waals surface area contributed by atoms with Crippen LogP contribution >= 0.6 is 0 Å². The molecule has 1 N–H and O–H groups in total. The van der Waals surface area contributed by atoms with Gasteiger partial charge in [-0.1, -0.05) is 0 Å². The van der Waals surface area contributed by atoms with E-state index in [4.69, 9.17) is 10.4 Å². The molecule has 0 saturated heterocycles. The zero-order valence-electron chi connectivity index (χ0n) is 7.45. The van der Waals surface area contributed by atoms with E-state index < -0.39 is 5.97 Å². The van der Waals surface area contributed by atoms with Crippen LogP contribution in [0.25, 0.3) is 0 Å². The molecule has 0 atom stereocenters. The molecule has 0 heterocycles. The van der Waals surface area contributed by atoms with Crippen molar-refractivity contribution in [1.29, 1.82) is 5.26 Å². The maximum Gasteiger partial charge on any atom is 0.304 e. The fraction of sp³-hybridized carbons (Fsp3) is 0.750. The second kappa shape index (κ2) is 5.56. The van der Waals surface area contributed by atoms with E-state index in [1.165, 1.54) is 0 Å². The molecular formula is C8H14N2O2. The van der Waals surface area contributed by atoms with Crippen LogP contribution in [0, 0.1) is 11.3 Å². The molecule has 4 nitrogen and oxygen atoms in total. The SMILES string of the molecule is CC(C)N(CC#N)CCC(=O)O. The highest BCUT2D eigenvalue weighted by atomic mass is 16.4. The monoisotopic (exact) mass is 170 g/mol. The summed E-state index contributed by atoms with van der Waals surface area (Å²) >= 11 is 0. The average molecular weight is 170 g/mol. The molecule has 12 heavy (non-hydrogen) atoms. The molecule has 0 aromatic carbocycles. The number of nitriles is 1. The molecule has 0 aromatic rings. The third-order valence-corrected chi connectivity index (χ3v) is 1.62. The number of carbonyl (C=O) groups is 1.